The lowest BCUT2D eigenvalue weighted by Crippen LogP contribution is -2.43. The molecule has 43 heavy (non-hydrogen) atoms. The van der Waals surface area contributed by atoms with Crippen LogP contribution in [0.4, 0.5) is 13.2 Å². The first-order chi connectivity index (χ1) is 20.2. The molecule has 1 aliphatic heterocycles. The summed E-state index contributed by atoms with van der Waals surface area (Å²) in [5.74, 6) is -1.72. The number of amides is 2. The summed E-state index contributed by atoms with van der Waals surface area (Å²) in [7, 11) is 0. The van der Waals surface area contributed by atoms with Crippen LogP contribution in [0.15, 0.2) is 47.5 Å². The number of guanidine groups is 1. The molecule has 0 fully saturated rings. The Morgan fingerprint density at radius 3 is 2.53 bits per heavy atom. The van der Waals surface area contributed by atoms with Crippen molar-refractivity contribution in [2.75, 3.05) is 0 Å². The van der Waals surface area contributed by atoms with Crippen molar-refractivity contribution < 1.29 is 22.8 Å². The number of aliphatic imine (C=N–C) groups is 1. The zero-order chi connectivity index (χ0) is 31.9. The number of aryl methyl sites for hydroxylation is 2. The van der Waals surface area contributed by atoms with Crippen molar-refractivity contribution in [2.45, 2.75) is 104 Å². The lowest BCUT2D eigenvalue weighted by molar-refractivity contribution is -0.149. The number of benzene rings is 2. The van der Waals surface area contributed by atoms with Gasteiger partial charge in [-0.3, -0.25) is 14.9 Å². The molecule has 1 aliphatic carbocycles. The first kappa shape index (κ1) is 33.9. The predicted molar refractivity (Wildman–Crippen MR) is 167 cm³/mol. The highest BCUT2D eigenvalue weighted by atomic mass is 19.4. The van der Waals surface area contributed by atoms with Crippen LogP contribution in [-0.4, -0.2) is 30.0 Å². The van der Waals surface area contributed by atoms with Gasteiger partial charge in [-0.25, -0.2) is 4.99 Å². The van der Waals surface area contributed by atoms with Gasteiger partial charge in [0.05, 0.1) is 18.0 Å². The van der Waals surface area contributed by atoms with Crippen molar-refractivity contribution >= 4 is 23.8 Å². The maximum absolute atomic E-state index is 13.4. The van der Waals surface area contributed by atoms with Gasteiger partial charge in [0.15, 0.2) is 5.96 Å². The van der Waals surface area contributed by atoms with Gasteiger partial charge in [-0.2, -0.15) is 13.2 Å². The maximum Gasteiger partial charge on any atom is 0.395 e. The summed E-state index contributed by atoms with van der Waals surface area (Å²) in [6, 6.07) is 10.3. The highest BCUT2D eigenvalue weighted by Gasteiger charge is 2.44. The molecule has 1 heterocycles. The summed E-state index contributed by atoms with van der Waals surface area (Å²) < 4.78 is 40.2. The first-order valence-electron chi connectivity index (χ1n) is 15.1. The minimum absolute atomic E-state index is 0.0211. The van der Waals surface area contributed by atoms with E-state index in [2.05, 4.69) is 42.5 Å². The van der Waals surface area contributed by atoms with Crippen molar-refractivity contribution in [1.82, 2.24) is 10.6 Å². The van der Waals surface area contributed by atoms with Crippen LogP contribution < -0.4 is 16.4 Å². The largest absolute Gasteiger partial charge is 0.395 e. The summed E-state index contributed by atoms with van der Waals surface area (Å²) in [6.45, 7) is 12.3. The molecule has 2 aromatic carbocycles. The van der Waals surface area contributed by atoms with Crippen LogP contribution in [-0.2, 0) is 11.2 Å². The van der Waals surface area contributed by atoms with Crippen LogP contribution in [0.5, 0.6) is 0 Å². The summed E-state index contributed by atoms with van der Waals surface area (Å²) in [5, 5.41) is 5.68. The van der Waals surface area contributed by atoms with E-state index in [1.165, 1.54) is 12.1 Å². The van der Waals surface area contributed by atoms with E-state index in [-0.39, 0.29) is 47.3 Å². The maximum atomic E-state index is 13.4. The zero-order valence-corrected chi connectivity index (χ0v) is 26.1. The lowest BCUT2D eigenvalue weighted by atomic mass is 9.83. The van der Waals surface area contributed by atoms with Crippen LogP contribution in [0.25, 0.3) is 6.08 Å². The van der Waals surface area contributed by atoms with E-state index < -0.39 is 12.1 Å². The molecule has 0 saturated heterocycles. The van der Waals surface area contributed by atoms with Crippen LogP contribution in [0, 0.1) is 12.3 Å². The molecule has 2 amide bonds. The Morgan fingerprint density at radius 1 is 1.16 bits per heavy atom. The molecule has 6 nitrogen and oxygen atoms in total. The number of nitrogens with one attached hydrogen (secondary N) is 2. The second kappa shape index (κ2) is 14.2. The molecule has 0 bridgehead atoms. The molecule has 9 heteroatoms. The molecule has 0 aromatic heterocycles. The summed E-state index contributed by atoms with van der Waals surface area (Å²) in [6.07, 6.45) is 2.56. The first-order valence-corrected chi connectivity index (χ1v) is 15.1. The van der Waals surface area contributed by atoms with Gasteiger partial charge in [-0.1, -0.05) is 65.0 Å². The molecule has 3 atom stereocenters. The van der Waals surface area contributed by atoms with Crippen molar-refractivity contribution in [3.63, 3.8) is 0 Å². The standard InChI is InChI=1S/C32H39F3N4O2.C2H6/c1-19-9-10-20(7-5-6-8-23-17-28(40)39-30(36)37-23)15-25(19)27(18-31(2,3)4)38-29(41)22-11-13-24-21(16-22)12-14-26(24)32(33,34)35;1-2/h5,7,9-11,13,15-16,23,26-27H,6,8,12,14,17-18H2,1-4H3,(H,38,41)(H3,36,37,39,40);1-2H3/b7-5-;. The molecule has 2 aromatic rings. The molecule has 0 spiro atoms. The average Bonchev–Trinajstić information content (AvgIpc) is 3.36. The number of hydrogen-bond acceptors (Lipinski definition) is 4. The second-order valence-corrected chi connectivity index (χ2v) is 12.4. The highest BCUT2D eigenvalue weighted by molar-refractivity contribution is 5.98. The molecular formula is C34H45F3N4O2. The third-order valence-electron chi connectivity index (χ3n) is 7.67. The Morgan fingerprint density at radius 2 is 1.88 bits per heavy atom. The third kappa shape index (κ3) is 9.43. The smallest absolute Gasteiger partial charge is 0.370 e. The van der Waals surface area contributed by atoms with Gasteiger partial charge >= 0.3 is 6.18 Å². The minimum atomic E-state index is -4.28. The van der Waals surface area contributed by atoms with E-state index in [1.54, 1.807) is 6.07 Å². The number of nitrogens with two attached hydrogens (primary N) is 1. The van der Waals surface area contributed by atoms with Crippen LogP contribution in [0.1, 0.15) is 117 Å². The number of rotatable bonds is 8. The number of fused-ring (bicyclic) bond motifs is 1. The molecular weight excluding hydrogens is 553 g/mol. The number of alkyl halides is 3. The Kier molecular flexibility index (Phi) is 11.2. The average molecular weight is 599 g/mol. The zero-order valence-electron chi connectivity index (χ0n) is 26.1. The van der Waals surface area contributed by atoms with Gasteiger partial charge in [-0.05, 0) is 90.5 Å². The number of carbonyl (C=O) groups excluding carboxylic acids is 2. The fraction of sp³-hybridized carbons (Fsp3) is 0.500. The Balaban J connectivity index is 0.00000248. The number of halogens is 3. The van der Waals surface area contributed by atoms with Crippen molar-refractivity contribution in [3.05, 3.63) is 75.9 Å². The van der Waals surface area contributed by atoms with Gasteiger partial charge in [0, 0.05) is 12.0 Å². The number of allylic oxidation sites excluding steroid dienone is 1. The summed E-state index contributed by atoms with van der Waals surface area (Å²) >= 11 is 0. The second-order valence-electron chi connectivity index (χ2n) is 12.4. The molecule has 2 aliphatic rings. The molecule has 0 saturated carbocycles. The molecule has 3 unspecified atom stereocenters. The fourth-order valence-corrected chi connectivity index (χ4v) is 5.69. The Labute approximate surface area is 253 Å². The number of nitrogens with zero attached hydrogens (tertiary/aromatic N) is 1. The normalized spacial score (nSPS) is 19.2. The van der Waals surface area contributed by atoms with Crippen LogP contribution in [0.3, 0.4) is 0 Å². The van der Waals surface area contributed by atoms with E-state index in [0.717, 1.165) is 23.1 Å². The third-order valence-corrected chi connectivity index (χ3v) is 7.67. The minimum Gasteiger partial charge on any atom is -0.370 e. The quantitative estimate of drug-likeness (QED) is 0.293. The van der Waals surface area contributed by atoms with E-state index in [0.29, 0.717) is 36.8 Å². The fourth-order valence-electron chi connectivity index (χ4n) is 5.69. The molecule has 0 radical (unpaired) electrons. The Hall–Kier alpha value is -3.62. The van der Waals surface area contributed by atoms with Gasteiger partial charge in [0.25, 0.3) is 5.91 Å². The van der Waals surface area contributed by atoms with Gasteiger partial charge in [0.1, 0.15) is 0 Å². The van der Waals surface area contributed by atoms with Gasteiger partial charge in [-0.15, -0.1) is 0 Å². The SMILES string of the molecule is CC.Cc1ccc(/C=C\CCC2CC(=O)NC(N)=N2)cc1C(CC(C)(C)C)NC(=O)c1ccc2c(c1)CCC2C(F)(F)F. The predicted octanol–water partition coefficient (Wildman–Crippen LogP) is 7.52. The van der Waals surface area contributed by atoms with Crippen LogP contribution in [0.2, 0.25) is 0 Å². The molecule has 4 rings (SSSR count). The molecule has 4 N–H and O–H groups in total. The van der Waals surface area contributed by atoms with Crippen molar-refractivity contribution in [2.24, 2.45) is 16.1 Å². The Bertz CT molecular complexity index is 1360. The topological polar surface area (TPSA) is 96.6 Å². The van der Waals surface area contributed by atoms with E-state index >= 15 is 0 Å². The highest BCUT2D eigenvalue weighted by Crippen LogP contribution is 2.44. The van der Waals surface area contributed by atoms with E-state index in [1.807, 2.05) is 45.1 Å². The number of carbonyl (C=O) groups is 2. The van der Waals surface area contributed by atoms with Crippen LogP contribution >= 0.6 is 0 Å². The van der Waals surface area contributed by atoms with Gasteiger partial charge in [0.2, 0.25) is 5.91 Å². The van der Waals surface area contributed by atoms with Crippen molar-refractivity contribution in [1.29, 1.82) is 0 Å². The summed E-state index contributed by atoms with van der Waals surface area (Å²) in [5.41, 5.74) is 9.83. The van der Waals surface area contributed by atoms with Crippen molar-refractivity contribution in [3.8, 4) is 0 Å². The molecule has 234 valence electrons. The van der Waals surface area contributed by atoms with E-state index in [4.69, 9.17) is 5.73 Å². The number of hydrogen-bond donors (Lipinski definition) is 3. The van der Waals surface area contributed by atoms with E-state index in [9.17, 15) is 22.8 Å². The lowest BCUT2D eigenvalue weighted by Gasteiger charge is -2.29. The monoisotopic (exact) mass is 598 g/mol. The van der Waals surface area contributed by atoms with Gasteiger partial charge < -0.3 is 11.1 Å². The summed E-state index contributed by atoms with van der Waals surface area (Å²) in [4.78, 5) is 29.4.